The van der Waals surface area contributed by atoms with Gasteiger partial charge in [0.15, 0.2) is 0 Å². The zero-order valence-corrected chi connectivity index (χ0v) is 14.0. The number of rotatable bonds is 3. The highest BCUT2D eigenvalue weighted by atomic mass is 79.9. The molecule has 1 aromatic rings. The first-order valence-corrected chi connectivity index (χ1v) is 6.89. The van der Waals surface area contributed by atoms with Gasteiger partial charge in [-0.05, 0) is 45.7 Å². The van der Waals surface area contributed by atoms with Crippen molar-refractivity contribution >= 4 is 27.6 Å². The Bertz CT molecular complexity index is 588. The molecule has 110 valence electrons. The van der Waals surface area contributed by atoms with Crippen LogP contribution in [0, 0.1) is 30.9 Å². The molecule has 1 rings (SSSR count). The highest BCUT2D eigenvalue weighted by Gasteiger charge is 2.36. The van der Waals surface area contributed by atoms with Crippen molar-refractivity contribution in [3.05, 3.63) is 37.9 Å². The van der Waals surface area contributed by atoms with Crippen LogP contribution in [0.5, 0.6) is 0 Å². The molecule has 1 aromatic carbocycles. The van der Waals surface area contributed by atoms with E-state index in [4.69, 9.17) is 4.74 Å². The second-order valence-corrected chi connectivity index (χ2v) is 7.18. The number of methoxy groups -OCH3 is 1. The minimum absolute atomic E-state index is 0.0321. The summed E-state index contributed by atoms with van der Waals surface area (Å²) in [5.74, 6) is -0.559. The molecule has 0 bridgehead atoms. The highest BCUT2D eigenvalue weighted by Crippen LogP contribution is 2.43. The normalized spacial score (nSPS) is 11.3. The predicted octanol–water partition coefficient (Wildman–Crippen LogP) is 3.94. The summed E-state index contributed by atoms with van der Waals surface area (Å²) in [6.45, 7) is 8.80. The molecule has 5 nitrogen and oxygen atoms in total. The van der Waals surface area contributed by atoms with Crippen molar-refractivity contribution in [2.75, 3.05) is 7.11 Å². The number of esters is 1. The number of halogens is 1. The Morgan fingerprint density at radius 3 is 2.05 bits per heavy atom. The molecular formula is C14H18BrNO4. The number of hydrogen-bond acceptors (Lipinski definition) is 4. The lowest BCUT2D eigenvalue weighted by molar-refractivity contribution is -0.386. The predicted molar refractivity (Wildman–Crippen MR) is 80.6 cm³/mol. The Hall–Kier alpha value is -1.43. The van der Waals surface area contributed by atoms with Gasteiger partial charge < -0.3 is 4.74 Å². The molecular weight excluding hydrogens is 326 g/mol. The summed E-state index contributed by atoms with van der Waals surface area (Å²) in [5, 5.41) is 11.4. The van der Waals surface area contributed by atoms with Gasteiger partial charge in [-0.3, -0.25) is 10.1 Å². The number of nitro groups is 1. The van der Waals surface area contributed by atoms with E-state index in [0.29, 0.717) is 16.7 Å². The van der Waals surface area contributed by atoms with Gasteiger partial charge in [-0.1, -0.05) is 15.9 Å². The van der Waals surface area contributed by atoms with E-state index in [9.17, 15) is 14.9 Å². The molecule has 0 aromatic heterocycles. The number of benzene rings is 1. The van der Waals surface area contributed by atoms with Crippen molar-refractivity contribution < 1.29 is 14.5 Å². The summed E-state index contributed by atoms with van der Waals surface area (Å²) in [7, 11) is 1.27. The second-order valence-electron chi connectivity index (χ2n) is 5.19. The smallest absolute Gasteiger partial charge is 0.338 e. The van der Waals surface area contributed by atoms with Crippen LogP contribution in [0.1, 0.15) is 46.5 Å². The maximum Gasteiger partial charge on any atom is 0.338 e. The topological polar surface area (TPSA) is 69.4 Å². The molecule has 0 atom stereocenters. The monoisotopic (exact) mass is 343 g/mol. The Labute approximate surface area is 126 Å². The lowest BCUT2D eigenvalue weighted by Crippen LogP contribution is -2.21. The number of ether oxygens (including phenoxy) is 1. The van der Waals surface area contributed by atoms with Gasteiger partial charge >= 0.3 is 5.97 Å². The van der Waals surface area contributed by atoms with Gasteiger partial charge in [0, 0.05) is 5.56 Å². The lowest BCUT2D eigenvalue weighted by Gasteiger charge is -2.24. The van der Waals surface area contributed by atoms with E-state index in [-0.39, 0.29) is 11.3 Å². The summed E-state index contributed by atoms with van der Waals surface area (Å²) in [6.07, 6.45) is 0. The first-order valence-electron chi connectivity index (χ1n) is 6.09. The molecule has 0 aliphatic carbocycles. The van der Waals surface area contributed by atoms with Gasteiger partial charge in [0.05, 0.1) is 27.5 Å². The van der Waals surface area contributed by atoms with Gasteiger partial charge in [0.2, 0.25) is 0 Å². The standard InChI is InChI=1S/C14H18BrNO4/c1-7-8(2)10(13(17)20-6)11(14(4,5)15)12(9(7)3)16(18)19/h1-6H3. The molecule has 0 aliphatic heterocycles. The largest absolute Gasteiger partial charge is 0.465 e. The Morgan fingerprint density at radius 2 is 1.70 bits per heavy atom. The van der Waals surface area contributed by atoms with Crippen molar-refractivity contribution in [2.45, 2.75) is 38.9 Å². The molecule has 0 saturated heterocycles. The first kappa shape index (κ1) is 16.6. The van der Waals surface area contributed by atoms with Crippen molar-refractivity contribution in [3.63, 3.8) is 0 Å². The van der Waals surface area contributed by atoms with Crippen LogP contribution < -0.4 is 0 Å². The number of carbonyl (C=O) groups is 1. The quantitative estimate of drug-likeness (QED) is 0.360. The van der Waals surface area contributed by atoms with E-state index in [1.807, 2.05) is 0 Å². The third-order valence-corrected chi connectivity index (χ3v) is 3.91. The van der Waals surface area contributed by atoms with Crippen molar-refractivity contribution in [1.82, 2.24) is 0 Å². The van der Waals surface area contributed by atoms with Crippen molar-refractivity contribution in [3.8, 4) is 0 Å². The molecule has 0 fully saturated rings. The Balaban J connectivity index is 4.01. The van der Waals surface area contributed by atoms with Gasteiger partial charge in [-0.2, -0.15) is 0 Å². The van der Waals surface area contributed by atoms with Crippen LogP contribution >= 0.6 is 15.9 Å². The average molecular weight is 344 g/mol. The third-order valence-electron chi connectivity index (χ3n) is 3.51. The number of nitro benzene ring substituents is 1. The molecule has 6 heteroatoms. The fraction of sp³-hybridized carbons (Fsp3) is 0.500. The minimum atomic E-state index is -0.720. The molecule has 0 unspecified atom stereocenters. The fourth-order valence-electron chi connectivity index (χ4n) is 2.30. The molecule has 0 spiro atoms. The summed E-state index contributed by atoms with van der Waals surface area (Å²) >= 11 is 3.43. The van der Waals surface area contributed by atoms with E-state index in [1.165, 1.54) is 7.11 Å². The van der Waals surface area contributed by atoms with E-state index in [2.05, 4.69) is 15.9 Å². The van der Waals surface area contributed by atoms with Crippen LogP contribution in [0.2, 0.25) is 0 Å². The maximum absolute atomic E-state index is 12.1. The second kappa shape index (κ2) is 5.52. The van der Waals surface area contributed by atoms with Crippen LogP contribution in [-0.2, 0) is 9.06 Å². The zero-order valence-electron chi connectivity index (χ0n) is 12.5. The van der Waals surface area contributed by atoms with Gasteiger partial charge in [0.1, 0.15) is 0 Å². The highest BCUT2D eigenvalue weighted by molar-refractivity contribution is 9.09. The third kappa shape index (κ3) is 2.70. The van der Waals surface area contributed by atoms with Crippen LogP contribution in [0.15, 0.2) is 0 Å². The van der Waals surface area contributed by atoms with Gasteiger partial charge in [-0.25, -0.2) is 4.79 Å². The number of carbonyl (C=O) groups excluding carboxylic acids is 1. The molecule has 0 N–H and O–H groups in total. The fourth-order valence-corrected chi connectivity index (χ4v) is 2.69. The number of nitrogens with zero attached hydrogens (tertiary/aromatic N) is 1. The maximum atomic E-state index is 12.1. The minimum Gasteiger partial charge on any atom is -0.465 e. The van der Waals surface area contributed by atoms with Crippen LogP contribution in [0.4, 0.5) is 5.69 Å². The van der Waals surface area contributed by atoms with E-state index < -0.39 is 15.2 Å². The zero-order chi connectivity index (χ0) is 15.8. The number of alkyl halides is 1. The summed E-state index contributed by atoms with van der Waals surface area (Å²) in [5.41, 5.74) is 2.61. The van der Waals surface area contributed by atoms with E-state index >= 15 is 0 Å². The molecule has 0 amide bonds. The van der Waals surface area contributed by atoms with Crippen LogP contribution in [0.25, 0.3) is 0 Å². The van der Waals surface area contributed by atoms with Crippen molar-refractivity contribution in [2.24, 2.45) is 0 Å². The van der Waals surface area contributed by atoms with E-state index in [0.717, 1.165) is 5.56 Å². The van der Waals surface area contributed by atoms with Crippen LogP contribution in [-0.4, -0.2) is 18.0 Å². The molecule has 0 aliphatic rings. The SMILES string of the molecule is COC(=O)c1c(C)c(C)c(C)c([N+](=O)[O-])c1C(C)(C)Br. The van der Waals surface area contributed by atoms with E-state index in [1.54, 1.807) is 34.6 Å². The molecule has 0 heterocycles. The molecule has 0 radical (unpaired) electrons. The Morgan fingerprint density at radius 1 is 1.20 bits per heavy atom. The summed E-state index contributed by atoms with van der Waals surface area (Å²) < 4.78 is 4.08. The summed E-state index contributed by atoms with van der Waals surface area (Å²) in [4.78, 5) is 23.1. The van der Waals surface area contributed by atoms with Gasteiger partial charge in [-0.15, -0.1) is 0 Å². The molecule has 0 saturated carbocycles. The summed E-state index contributed by atoms with van der Waals surface area (Å²) in [6, 6.07) is 0. The first-order chi connectivity index (χ1) is 9.03. The van der Waals surface area contributed by atoms with Crippen molar-refractivity contribution in [1.29, 1.82) is 0 Å². The van der Waals surface area contributed by atoms with Gasteiger partial charge in [0.25, 0.3) is 5.69 Å². The lowest BCUT2D eigenvalue weighted by atomic mass is 9.86. The van der Waals surface area contributed by atoms with Crippen LogP contribution in [0.3, 0.4) is 0 Å². The average Bonchev–Trinajstić information content (AvgIpc) is 2.32. The Kier molecular flexibility index (Phi) is 4.59. The number of hydrogen-bond donors (Lipinski definition) is 0. The molecule has 20 heavy (non-hydrogen) atoms.